The molecule has 4 nitrogen and oxygen atoms in total. The Balaban J connectivity index is 1.74. The minimum Gasteiger partial charge on any atom is -0.445 e. The van der Waals surface area contributed by atoms with E-state index in [1.165, 1.54) is 24.8 Å². The van der Waals surface area contributed by atoms with Crippen molar-refractivity contribution in [3.05, 3.63) is 29.8 Å². The van der Waals surface area contributed by atoms with E-state index in [4.69, 9.17) is 4.74 Å². The molecule has 0 unspecified atom stereocenters. The van der Waals surface area contributed by atoms with Crippen LogP contribution in [-0.4, -0.2) is 36.7 Å². The highest BCUT2D eigenvalue weighted by molar-refractivity contribution is 5.84. The molecule has 1 heterocycles. The van der Waals surface area contributed by atoms with Crippen LogP contribution < -0.4 is 5.32 Å². The predicted octanol–water partition coefficient (Wildman–Crippen LogP) is 4.06. The summed E-state index contributed by atoms with van der Waals surface area (Å²) in [7, 11) is 0. The molecule has 0 radical (unpaired) electrons. The molecular formula is C18H28N2O2. The summed E-state index contributed by atoms with van der Waals surface area (Å²) in [5.41, 5.74) is 2.08. The van der Waals surface area contributed by atoms with Crippen LogP contribution >= 0.6 is 0 Å². The van der Waals surface area contributed by atoms with Gasteiger partial charge in [-0.05, 0) is 57.0 Å². The number of anilines is 1. The number of nitrogens with zero attached hydrogens (tertiary/aromatic N) is 1. The zero-order valence-corrected chi connectivity index (χ0v) is 13.8. The van der Waals surface area contributed by atoms with Crippen LogP contribution in [0.2, 0.25) is 0 Å². The van der Waals surface area contributed by atoms with Crippen molar-refractivity contribution >= 4 is 11.8 Å². The quantitative estimate of drug-likeness (QED) is 0.861. The van der Waals surface area contributed by atoms with Gasteiger partial charge in [-0.25, -0.2) is 4.79 Å². The van der Waals surface area contributed by atoms with E-state index in [9.17, 15) is 4.79 Å². The second kappa shape index (κ2) is 8.79. The number of nitrogens with one attached hydrogen (secondary N) is 1. The third kappa shape index (κ3) is 5.68. The summed E-state index contributed by atoms with van der Waals surface area (Å²) in [4.78, 5) is 14.3. The highest BCUT2D eigenvalue weighted by Crippen LogP contribution is 2.13. The van der Waals surface area contributed by atoms with E-state index < -0.39 is 0 Å². The van der Waals surface area contributed by atoms with E-state index in [-0.39, 0.29) is 12.2 Å². The Hall–Kier alpha value is -1.55. The zero-order valence-electron chi connectivity index (χ0n) is 13.8. The van der Waals surface area contributed by atoms with Gasteiger partial charge in [0.15, 0.2) is 0 Å². The van der Waals surface area contributed by atoms with Crippen LogP contribution in [0.3, 0.4) is 0 Å². The Bertz CT molecular complexity index is 453. The summed E-state index contributed by atoms with van der Waals surface area (Å²) >= 11 is 0. The summed E-state index contributed by atoms with van der Waals surface area (Å²) in [5.74, 6) is 0. The minimum atomic E-state index is -0.368. The summed E-state index contributed by atoms with van der Waals surface area (Å²) in [6.45, 7) is 7.18. The van der Waals surface area contributed by atoms with Crippen LogP contribution in [0.15, 0.2) is 24.3 Å². The van der Waals surface area contributed by atoms with E-state index in [2.05, 4.69) is 29.3 Å². The lowest BCUT2D eigenvalue weighted by Gasteiger charge is -2.28. The molecule has 1 N–H and O–H groups in total. The van der Waals surface area contributed by atoms with Gasteiger partial charge < -0.3 is 4.74 Å². The van der Waals surface area contributed by atoms with Crippen LogP contribution in [-0.2, 0) is 11.2 Å². The van der Waals surface area contributed by atoms with E-state index in [0.29, 0.717) is 0 Å². The average Bonchev–Trinajstić information content (AvgIpc) is 2.50. The first kappa shape index (κ1) is 16.8. The van der Waals surface area contributed by atoms with Crippen LogP contribution in [0, 0.1) is 0 Å². The molecule has 1 amide bonds. The Morgan fingerprint density at radius 1 is 1.23 bits per heavy atom. The molecule has 122 valence electrons. The lowest BCUT2D eigenvalue weighted by molar-refractivity contribution is 0.0833. The van der Waals surface area contributed by atoms with Gasteiger partial charge in [-0.1, -0.05) is 31.9 Å². The van der Waals surface area contributed by atoms with Gasteiger partial charge in [0.2, 0.25) is 0 Å². The van der Waals surface area contributed by atoms with Crippen LogP contribution in [0.4, 0.5) is 10.5 Å². The lowest BCUT2D eigenvalue weighted by Crippen LogP contribution is -2.37. The van der Waals surface area contributed by atoms with E-state index >= 15 is 0 Å². The monoisotopic (exact) mass is 304 g/mol. The third-order valence-electron chi connectivity index (χ3n) is 4.01. The average molecular weight is 304 g/mol. The number of hydrogen-bond donors (Lipinski definition) is 1. The van der Waals surface area contributed by atoms with Gasteiger partial charge in [0.25, 0.3) is 0 Å². The van der Waals surface area contributed by atoms with Crippen molar-refractivity contribution in [2.24, 2.45) is 0 Å². The number of ether oxygens (including phenoxy) is 1. The Labute approximate surface area is 133 Å². The van der Waals surface area contributed by atoms with Crippen molar-refractivity contribution < 1.29 is 9.53 Å². The number of piperidine rings is 1. The molecule has 1 aromatic rings. The largest absolute Gasteiger partial charge is 0.445 e. The van der Waals surface area contributed by atoms with Crippen LogP contribution in [0.25, 0.3) is 0 Å². The first-order chi connectivity index (χ1) is 10.7. The van der Waals surface area contributed by atoms with Gasteiger partial charge in [0.1, 0.15) is 6.10 Å². The van der Waals surface area contributed by atoms with Gasteiger partial charge in [-0.15, -0.1) is 0 Å². The normalized spacial score (nSPS) is 17.0. The lowest BCUT2D eigenvalue weighted by atomic mass is 10.1. The Kier molecular flexibility index (Phi) is 6.72. The molecule has 0 aliphatic carbocycles. The van der Waals surface area contributed by atoms with Crippen molar-refractivity contribution in [1.82, 2.24) is 4.90 Å². The molecule has 1 aliphatic rings. The van der Waals surface area contributed by atoms with Gasteiger partial charge in [-0.3, -0.25) is 10.2 Å². The van der Waals surface area contributed by atoms with Crippen molar-refractivity contribution in [1.29, 1.82) is 0 Å². The fraction of sp³-hybridized carbons (Fsp3) is 0.611. The van der Waals surface area contributed by atoms with Crippen LogP contribution in [0.1, 0.15) is 45.1 Å². The van der Waals surface area contributed by atoms with Crippen molar-refractivity contribution in [2.45, 2.75) is 52.1 Å². The zero-order chi connectivity index (χ0) is 15.8. The molecule has 2 rings (SSSR count). The number of hydrogen-bond acceptors (Lipinski definition) is 3. The second-order valence-corrected chi connectivity index (χ2v) is 6.15. The number of likely N-dealkylation sites (tertiary alicyclic amines) is 1. The molecular weight excluding hydrogens is 276 g/mol. The maximum atomic E-state index is 11.9. The first-order valence-electron chi connectivity index (χ1n) is 8.46. The number of aryl methyl sites for hydroxylation is 1. The van der Waals surface area contributed by atoms with Gasteiger partial charge in [0, 0.05) is 12.2 Å². The fourth-order valence-electron chi connectivity index (χ4n) is 2.92. The maximum absolute atomic E-state index is 11.9. The molecule has 0 bridgehead atoms. The summed E-state index contributed by atoms with van der Waals surface area (Å²) in [6.07, 6.45) is 5.57. The molecule has 4 heteroatoms. The van der Waals surface area contributed by atoms with E-state index in [1.54, 1.807) is 0 Å². The fourth-order valence-corrected chi connectivity index (χ4v) is 2.92. The number of amides is 1. The van der Waals surface area contributed by atoms with Crippen molar-refractivity contribution in [3.63, 3.8) is 0 Å². The van der Waals surface area contributed by atoms with Crippen molar-refractivity contribution in [2.75, 3.05) is 25.0 Å². The number of benzene rings is 1. The number of rotatable bonds is 6. The van der Waals surface area contributed by atoms with Gasteiger partial charge in [-0.2, -0.15) is 0 Å². The highest BCUT2D eigenvalue weighted by atomic mass is 16.6. The second-order valence-electron chi connectivity index (χ2n) is 6.15. The van der Waals surface area contributed by atoms with Crippen LogP contribution in [0.5, 0.6) is 0 Å². The summed E-state index contributed by atoms with van der Waals surface area (Å²) < 4.78 is 5.44. The van der Waals surface area contributed by atoms with E-state index in [1.807, 2.05) is 19.1 Å². The summed E-state index contributed by atoms with van der Waals surface area (Å²) in [5, 5.41) is 2.80. The predicted molar refractivity (Wildman–Crippen MR) is 90.3 cm³/mol. The topological polar surface area (TPSA) is 41.6 Å². The standard InChI is InChI=1S/C18H28N2O2/c1-3-7-16-8-10-17(11-9-16)19-18(21)22-15(2)14-20-12-5-4-6-13-20/h8-11,15H,3-7,12-14H2,1-2H3,(H,19,21)/t15-/m1/s1. The highest BCUT2D eigenvalue weighted by Gasteiger charge is 2.16. The molecule has 0 saturated carbocycles. The Morgan fingerprint density at radius 3 is 2.55 bits per heavy atom. The van der Waals surface area contributed by atoms with Gasteiger partial charge in [0.05, 0.1) is 0 Å². The SMILES string of the molecule is CCCc1ccc(NC(=O)O[C@H](C)CN2CCCCC2)cc1. The molecule has 1 aromatic carbocycles. The summed E-state index contributed by atoms with van der Waals surface area (Å²) in [6, 6.07) is 7.97. The molecule has 22 heavy (non-hydrogen) atoms. The van der Waals surface area contributed by atoms with Gasteiger partial charge >= 0.3 is 6.09 Å². The molecule has 1 atom stereocenters. The van der Waals surface area contributed by atoms with E-state index in [0.717, 1.165) is 38.2 Å². The number of carbonyl (C=O) groups is 1. The minimum absolute atomic E-state index is 0.0857. The molecule has 1 fully saturated rings. The molecule has 1 saturated heterocycles. The first-order valence-corrected chi connectivity index (χ1v) is 8.46. The molecule has 0 spiro atoms. The smallest absolute Gasteiger partial charge is 0.411 e. The molecule has 1 aliphatic heterocycles. The number of carbonyl (C=O) groups excluding carboxylic acids is 1. The molecule has 0 aromatic heterocycles. The Morgan fingerprint density at radius 2 is 1.91 bits per heavy atom. The maximum Gasteiger partial charge on any atom is 0.411 e. The van der Waals surface area contributed by atoms with Crippen molar-refractivity contribution in [3.8, 4) is 0 Å². The third-order valence-corrected chi connectivity index (χ3v) is 4.01.